The molecular weight excluding hydrogens is 679 g/mol. The largest absolute Gasteiger partial charge is 0.309 e. The fraction of sp³-hybridized carbons (Fsp3) is 0. The average Bonchev–Trinajstić information content (AvgIpc) is 3.80. The minimum absolute atomic E-state index is 1.13. The van der Waals surface area contributed by atoms with Crippen LogP contribution in [0.2, 0.25) is 0 Å². The fourth-order valence-electron chi connectivity index (χ4n) is 8.10. The highest BCUT2D eigenvalue weighted by Gasteiger charge is 2.20. The Morgan fingerprint density at radius 3 is 1.87 bits per heavy atom. The molecule has 0 fully saturated rings. The molecule has 0 saturated heterocycles. The molecular formula is C50H31NS2. The highest BCUT2D eigenvalue weighted by atomic mass is 32.1. The molecule has 11 rings (SSSR count). The van der Waals surface area contributed by atoms with Gasteiger partial charge in [-0.2, -0.15) is 0 Å². The van der Waals surface area contributed by atoms with E-state index < -0.39 is 0 Å². The molecule has 1 nitrogen and oxygen atoms in total. The molecule has 0 amide bonds. The van der Waals surface area contributed by atoms with Gasteiger partial charge in [-0.15, -0.1) is 22.7 Å². The molecule has 0 bridgehead atoms. The van der Waals surface area contributed by atoms with E-state index in [-0.39, 0.29) is 0 Å². The fourth-order valence-corrected chi connectivity index (χ4v) is 10.5. The predicted octanol–water partition coefficient (Wildman–Crippen LogP) is 15.5. The van der Waals surface area contributed by atoms with Crippen LogP contribution in [0.4, 0.5) is 17.1 Å². The average molecular weight is 710 g/mol. The van der Waals surface area contributed by atoms with Crippen LogP contribution in [0, 0.1) is 0 Å². The molecule has 53 heavy (non-hydrogen) atoms. The van der Waals surface area contributed by atoms with Crippen molar-refractivity contribution in [3.8, 4) is 22.3 Å². The van der Waals surface area contributed by atoms with E-state index in [1.54, 1.807) is 0 Å². The minimum atomic E-state index is 1.13. The summed E-state index contributed by atoms with van der Waals surface area (Å²) >= 11 is 3.76. The Bertz CT molecular complexity index is 3170. The normalized spacial score (nSPS) is 11.8. The summed E-state index contributed by atoms with van der Waals surface area (Å²) in [6.07, 6.45) is 0. The van der Waals surface area contributed by atoms with Crippen molar-refractivity contribution in [2.24, 2.45) is 0 Å². The second-order valence-corrected chi connectivity index (χ2v) is 15.8. The van der Waals surface area contributed by atoms with E-state index in [1.807, 2.05) is 22.7 Å². The van der Waals surface area contributed by atoms with Gasteiger partial charge in [0.05, 0.1) is 10.4 Å². The van der Waals surface area contributed by atoms with Gasteiger partial charge in [0.15, 0.2) is 0 Å². The quantitative estimate of drug-likeness (QED) is 0.161. The molecule has 0 N–H and O–H groups in total. The Kier molecular flexibility index (Phi) is 6.97. The van der Waals surface area contributed by atoms with Gasteiger partial charge < -0.3 is 4.90 Å². The van der Waals surface area contributed by atoms with Crippen molar-refractivity contribution in [1.29, 1.82) is 0 Å². The van der Waals surface area contributed by atoms with Crippen molar-refractivity contribution in [2.45, 2.75) is 0 Å². The van der Waals surface area contributed by atoms with Crippen molar-refractivity contribution in [3.63, 3.8) is 0 Å². The predicted molar refractivity (Wildman–Crippen MR) is 233 cm³/mol. The van der Waals surface area contributed by atoms with Crippen molar-refractivity contribution in [3.05, 3.63) is 188 Å². The summed E-state index contributed by atoms with van der Waals surface area (Å²) in [6, 6.07) is 69.2. The molecule has 0 spiro atoms. The minimum Gasteiger partial charge on any atom is -0.309 e. The summed E-state index contributed by atoms with van der Waals surface area (Å²) in [5.74, 6) is 0. The van der Waals surface area contributed by atoms with Crippen molar-refractivity contribution < 1.29 is 0 Å². The Morgan fingerprint density at radius 2 is 0.981 bits per heavy atom. The lowest BCUT2D eigenvalue weighted by atomic mass is 9.97. The Morgan fingerprint density at radius 1 is 0.321 bits per heavy atom. The van der Waals surface area contributed by atoms with E-state index in [0.717, 1.165) is 11.4 Å². The number of hydrogen-bond donors (Lipinski definition) is 0. The molecule has 248 valence electrons. The SMILES string of the molecule is c1ccc(-c2cccc3c2sc2c(N(c4ccc(-c5ccc6c(ccc7ccccc76)c5)cc4)c4ccc5sc6ccccc6c5c4)cccc23)cc1. The van der Waals surface area contributed by atoms with Gasteiger partial charge in [0, 0.05) is 47.0 Å². The lowest BCUT2D eigenvalue weighted by Gasteiger charge is -2.26. The highest BCUT2D eigenvalue weighted by Crippen LogP contribution is 2.48. The third kappa shape index (κ3) is 4.97. The second kappa shape index (κ2) is 12.2. The van der Waals surface area contributed by atoms with Crippen LogP contribution in [0.15, 0.2) is 188 Å². The molecule has 0 aliphatic rings. The highest BCUT2D eigenvalue weighted by molar-refractivity contribution is 7.27. The monoisotopic (exact) mass is 709 g/mol. The van der Waals surface area contributed by atoms with Crippen LogP contribution in [0.25, 0.3) is 84.1 Å². The molecule has 0 aliphatic heterocycles. The summed E-state index contributed by atoms with van der Waals surface area (Å²) in [6.45, 7) is 0. The Labute approximate surface area is 315 Å². The van der Waals surface area contributed by atoms with Crippen LogP contribution in [0.1, 0.15) is 0 Å². The van der Waals surface area contributed by atoms with E-state index >= 15 is 0 Å². The lowest BCUT2D eigenvalue weighted by Crippen LogP contribution is -2.10. The van der Waals surface area contributed by atoms with E-state index in [2.05, 4.69) is 193 Å². The molecule has 2 heterocycles. The van der Waals surface area contributed by atoms with Crippen LogP contribution in [0.3, 0.4) is 0 Å². The van der Waals surface area contributed by atoms with E-state index in [1.165, 1.54) is 89.8 Å². The van der Waals surface area contributed by atoms with Gasteiger partial charge in [-0.25, -0.2) is 0 Å². The maximum atomic E-state index is 2.46. The molecule has 11 aromatic rings. The standard InChI is InChI=1S/C50H31NS2/c1-2-10-33(11-3-1)41-15-8-16-43-44-17-9-18-46(50(44)53-49(41)43)51(38-27-29-48-45(31-38)42-14-6-7-19-47(42)52-48)37-25-22-32(23-26-37)35-24-28-40-36(30-35)21-20-34-12-4-5-13-39(34)40/h1-31H. The molecule has 0 aliphatic carbocycles. The maximum Gasteiger partial charge on any atom is 0.0640 e. The third-order valence-electron chi connectivity index (χ3n) is 10.7. The molecule has 3 heteroatoms. The first-order chi connectivity index (χ1) is 26.3. The second-order valence-electron chi connectivity index (χ2n) is 13.7. The number of anilines is 3. The first kappa shape index (κ1) is 30.4. The molecule has 0 atom stereocenters. The Balaban J connectivity index is 1.09. The zero-order valence-corrected chi connectivity index (χ0v) is 30.3. The first-order valence-electron chi connectivity index (χ1n) is 18.0. The zero-order valence-electron chi connectivity index (χ0n) is 28.7. The first-order valence-corrected chi connectivity index (χ1v) is 19.6. The summed E-state index contributed by atoms with van der Waals surface area (Å²) in [4.78, 5) is 2.46. The molecule has 0 unspecified atom stereocenters. The van der Waals surface area contributed by atoms with Gasteiger partial charge in [-0.05, 0) is 92.3 Å². The maximum absolute atomic E-state index is 2.46. The van der Waals surface area contributed by atoms with Crippen molar-refractivity contribution >= 4 is 102 Å². The topological polar surface area (TPSA) is 3.24 Å². The number of nitrogens with zero attached hydrogens (tertiary/aromatic N) is 1. The third-order valence-corrected chi connectivity index (χ3v) is 13.1. The molecule has 0 radical (unpaired) electrons. The van der Waals surface area contributed by atoms with Crippen molar-refractivity contribution in [1.82, 2.24) is 0 Å². The van der Waals surface area contributed by atoms with E-state index in [4.69, 9.17) is 0 Å². The van der Waals surface area contributed by atoms with Crippen LogP contribution in [-0.2, 0) is 0 Å². The van der Waals surface area contributed by atoms with Crippen LogP contribution in [0.5, 0.6) is 0 Å². The van der Waals surface area contributed by atoms with Crippen LogP contribution >= 0.6 is 22.7 Å². The summed E-state index contributed by atoms with van der Waals surface area (Å²) in [7, 11) is 0. The zero-order chi connectivity index (χ0) is 34.9. The van der Waals surface area contributed by atoms with Gasteiger partial charge in [0.2, 0.25) is 0 Å². The van der Waals surface area contributed by atoms with Crippen LogP contribution < -0.4 is 4.90 Å². The summed E-state index contributed by atoms with van der Waals surface area (Å²) < 4.78 is 5.23. The van der Waals surface area contributed by atoms with Gasteiger partial charge >= 0.3 is 0 Å². The molecule has 9 aromatic carbocycles. The van der Waals surface area contributed by atoms with Gasteiger partial charge in [0.1, 0.15) is 0 Å². The molecule has 2 aromatic heterocycles. The van der Waals surface area contributed by atoms with Gasteiger partial charge in [-0.1, -0.05) is 140 Å². The van der Waals surface area contributed by atoms with Gasteiger partial charge in [0.25, 0.3) is 0 Å². The van der Waals surface area contributed by atoms with E-state index in [9.17, 15) is 0 Å². The summed E-state index contributed by atoms with van der Waals surface area (Å²) in [5, 5.41) is 10.3. The number of thiophene rings is 2. The van der Waals surface area contributed by atoms with Crippen LogP contribution in [-0.4, -0.2) is 0 Å². The summed E-state index contributed by atoms with van der Waals surface area (Å²) in [5.41, 5.74) is 8.42. The van der Waals surface area contributed by atoms with E-state index in [0.29, 0.717) is 0 Å². The molecule has 0 saturated carbocycles. The lowest BCUT2D eigenvalue weighted by molar-refractivity contribution is 1.31. The Hall–Kier alpha value is -6.26. The number of rotatable bonds is 5. The van der Waals surface area contributed by atoms with Gasteiger partial charge in [-0.3, -0.25) is 0 Å². The van der Waals surface area contributed by atoms with Crippen molar-refractivity contribution in [2.75, 3.05) is 4.90 Å². The smallest absolute Gasteiger partial charge is 0.0640 e. The number of benzene rings is 9. The number of hydrogen-bond acceptors (Lipinski definition) is 3. The number of fused-ring (bicyclic) bond motifs is 9.